The third-order valence-electron chi connectivity index (χ3n) is 1.56. The van der Waals surface area contributed by atoms with Crippen LogP contribution in [0, 0.1) is 0 Å². The molecule has 3 rings (SSSR count). The van der Waals surface area contributed by atoms with Crippen molar-refractivity contribution in [2.75, 3.05) is 6.16 Å². The summed E-state index contributed by atoms with van der Waals surface area (Å²) in [4.78, 5) is 44.6. The molecule has 0 aromatic carbocycles. The third-order valence-corrected chi connectivity index (χ3v) is 2.24. The zero-order valence-electron chi connectivity index (χ0n) is 11.9. The maximum atomic E-state index is 9.76. The van der Waals surface area contributed by atoms with Gasteiger partial charge in [0.1, 0.15) is 6.16 Å². The van der Waals surface area contributed by atoms with E-state index in [1.807, 2.05) is 0 Å². The second kappa shape index (κ2) is 13.0. The number of carboxylic acids is 1. The lowest BCUT2D eigenvalue weighted by Gasteiger charge is -1.95. The summed E-state index contributed by atoms with van der Waals surface area (Å²) in [6, 6.07) is 0. The molecule has 0 aliphatic rings. The van der Waals surface area contributed by atoms with Gasteiger partial charge in [-0.2, -0.15) is 0 Å². The average molecular weight is 344 g/mol. The van der Waals surface area contributed by atoms with E-state index in [2.05, 4.69) is 29.9 Å². The van der Waals surface area contributed by atoms with E-state index in [0.29, 0.717) is 0 Å². The molecule has 11 nitrogen and oxygen atoms in total. The standard InChI is InChI=1S/3C3H4N2.C2H5O5P/c3*1-2-5-3-4-1;3-2(4)1-8(5,6)7/h3*1-3H,(H,4,5);1H2,(H,3,4)(H2,5,6,7). The van der Waals surface area contributed by atoms with Gasteiger partial charge < -0.3 is 29.8 Å². The van der Waals surface area contributed by atoms with Gasteiger partial charge in [0, 0.05) is 37.2 Å². The van der Waals surface area contributed by atoms with Gasteiger partial charge in [0.05, 0.1) is 19.0 Å². The number of hydrogen-bond donors (Lipinski definition) is 6. The van der Waals surface area contributed by atoms with Crippen molar-refractivity contribution < 1.29 is 24.3 Å². The van der Waals surface area contributed by atoms with E-state index in [4.69, 9.17) is 14.9 Å². The molecule has 3 heterocycles. The van der Waals surface area contributed by atoms with Crippen molar-refractivity contribution in [2.24, 2.45) is 0 Å². The molecule has 0 fully saturated rings. The molecule has 12 heteroatoms. The van der Waals surface area contributed by atoms with Gasteiger partial charge >= 0.3 is 13.6 Å². The van der Waals surface area contributed by atoms with Crippen LogP contribution in [-0.4, -0.2) is 56.9 Å². The van der Waals surface area contributed by atoms with Crippen molar-refractivity contribution in [1.82, 2.24) is 29.9 Å². The quantitative estimate of drug-likeness (QED) is 0.363. The number of aliphatic carboxylic acids is 1. The summed E-state index contributed by atoms with van der Waals surface area (Å²) in [5.41, 5.74) is 0. The number of rotatable bonds is 2. The van der Waals surface area contributed by atoms with Crippen LogP contribution in [0.25, 0.3) is 0 Å². The lowest BCUT2D eigenvalue weighted by Crippen LogP contribution is -2.01. The van der Waals surface area contributed by atoms with Crippen molar-refractivity contribution in [2.45, 2.75) is 0 Å². The highest BCUT2D eigenvalue weighted by Crippen LogP contribution is 2.33. The van der Waals surface area contributed by atoms with Gasteiger partial charge in [0.2, 0.25) is 0 Å². The van der Waals surface area contributed by atoms with Gasteiger partial charge in [0.15, 0.2) is 0 Å². The first-order valence-corrected chi connectivity index (χ1v) is 7.76. The van der Waals surface area contributed by atoms with Gasteiger partial charge in [-0.1, -0.05) is 0 Å². The highest BCUT2D eigenvalue weighted by Gasteiger charge is 2.17. The predicted molar refractivity (Wildman–Crippen MR) is 80.3 cm³/mol. The number of imidazole rings is 3. The second-order valence-corrected chi connectivity index (χ2v) is 5.14. The fourth-order valence-corrected chi connectivity index (χ4v) is 1.17. The largest absolute Gasteiger partial charge is 0.481 e. The SMILES string of the molecule is O=C(O)CP(=O)(O)O.c1c[nH]cn1.c1c[nH]cn1.c1c[nH]cn1. The lowest BCUT2D eigenvalue weighted by molar-refractivity contribution is -0.134. The lowest BCUT2D eigenvalue weighted by atomic mass is 10.8. The molecule has 126 valence electrons. The first-order chi connectivity index (χ1) is 10.9. The van der Waals surface area contributed by atoms with Gasteiger partial charge in [-0.05, 0) is 0 Å². The van der Waals surface area contributed by atoms with E-state index < -0.39 is 19.7 Å². The van der Waals surface area contributed by atoms with Crippen LogP contribution in [-0.2, 0) is 9.36 Å². The molecule has 3 aromatic rings. The van der Waals surface area contributed by atoms with E-state index in [0.717, 1.165) is 0 Å². The monoisotopic (exact) mass is 344 g/mol. The molecule has 0 aliphatic carbocycles. The fraction of sp³-hybridized carbons (Fsp3) is 0.0909. The minimum absolute atomic E-state index is 1.09. The molecule has 3 aromatic heterocycles. The number of nitrogens with zero attached hydrogens (tertiary/aromatic N) is 3. The molecular weight excluding hydrogens is 327 g/mol. The topological polar surface area (TPSA) is 181 Å². The number of aromatic nitrogens is 6. The van der Waals surface area contributed by atoms with Crippen LogP contribution in [0.4, 0.5) is 0 Å². The molecule has 6 N–H and O–H groups in total. The minimum Gasteiger partial charge on any atom is -0.481 e. The second-order valence-electron chi connectivity index (χ2n) is 3.50. The highest BCUT2D eigenvalue weighted by atomic mass is 31.2. The van der Waals surface area contributed by atoms with E-state index >= 15 is 0 Å². The first kappa shape index (κ1) is 20.2. The van der Waals surface area contributed by atoms with Gasteiger partial charge in [-0.15, -0.1) is 0 Å². The Bertz CT molecular complexity index is 493. The number of aromatic amines is 3. The Hall–Kier alpha value is -2.75. The van der Waals surface area contributed by atoms with Crippen LogP contribution >= 0.6 is 7.60 Å². The van der Waals surface area contributed by atoms with Gasteiger partial charge in [-0.3, -0.25) is 9.36 Å². The summed E-state index contributed by atoms with van der Waals surface area (Å²) in [6.07, 6.45) is 14.2. The van der Waals surface area contributed by atoms with Gasteiger partial charge in [-0.25, -0.2) is 15.0 Å². The van der Waals surface area contributed by atoms with E-state index in [-0.39, 0.29) is 0 Å². The number of H-pyrrole nitrogens is 3. The van der Waals surface area contributed by atoms with Crippen molar-refractivity contribution >= 4 is 13.6 Å². The molecule has 0 saturated carbocycles. The van der Waals surface area contributed by atoms with Crippen LogP contribution in [0.1, 0.15) is 0 Å². The molecule has 0 amide bonds. The number of hydrogen-bond acceptors (Lipinski definition) is 5. The Morgan fingerprint density at radius 3 is 1.26 bits per heavy atom. The number of carbonyl (C=O) groups is 1. The summed E-state index contributed by atoms with van der Waals surface area (Å²) >= 11 is 0. The summed E-state index contributed by atoms with van der Waals surface area (Å²) in [6.45, 7) is 0. The molecule has 0 bridgehead atoms. The number of nitrogens with one attached hydrogen (secondary N) is 3. The average Bonchev–Trinajstić information content (AvgIpc) is 3.24. The summed E-state index contributed by atoms with van der Waals surface area (Å²) in [5, 5.41) is 7.76. The van der Waals surface area contributed by atoms with Crippen LogP contribution in [0.5, 0.6) is 0 Å². The number of carboxylic acid groups (broad SMARTS) is 1. The van der Waals surface area contributed by atoms with Gasteiger partial charge in [0.25, 0.3) is 0 Å². The molecule has 0 atom stereocenters. The van der Waals surface area contributed by atoms with Crippen molar-refractivity contribution in [3.05, 3.63) is 56.2 Å². The molecular formula is C11H17N6O5P. The molecule has 0 saturated heterocycles. The summed E-state index contributed by atoms with van der Waals surface area (Å²) in [5.74, 6) is -1.49. The molecule has 0 spiro atoms. The summed E-state index contributed by atoms with van der Waals surface area (Å²) < 4.78 is 9.76. The Labute approximate surface area is 131 Å². The molecule has 0 unspecified atom stereocenters. The minimum atomic E-state index is -4.32. The van der Waals surface area contributed by atoms with Crippen LogP contribution in [0.3, 0.4) is 0 Å². The van der Waals surface area contributed by atoms with Crippen LogP contribution < -0.4 is 0 Å². The van der Waals surface area contributed by atoms with Crippen molar-refractivity contribution in [1.29, 1.82) is 0 Å². The van der Waals surface area contributed by atoms with Crippen LogP contribution in [0.15, 0.2) is 56.2 Å². The van der Waals surface area contributed by atoms with E-state index in [9.17, 15) is 9.36 Å². The maximum absolute atomic E-state index is 9.76. The predicted octanol–water partition coefficient (Wildman–Crippen LogP) is 0.478. The molecule has 0 radical (unpaired) electrons. The normalized spacial score (nSPS) is 9.13. The summed E-state index contributed by atoms with van der Waals surface area (Å²) in [7, 11) is -4.32. The van der Waals surface area contributed by atoms with Crippen molar-refractivity contribution in [3.8, 4) is 0 Å². The molecule has 23 heavy (non-hydrogen) atoms. The zero-order chi connectivity index (χ0) is 17.4. The Morgan fingerprint density at radius 2 is 1.22 bits per heavy atom. The van der Waals surface area contributed by atoms with E-state index in [1.165, 1.54) is 0 Å². The van der Waals surface area contributed by atoms with Crippen molar-refractivity contribution in [3.63, 3.8) is 0 Å². The Balaban J connectivity index is 0.000000286. The highest BCUT2D eigenvalue weighted by molar-refractivity contribution is 7.52. The Morgan fingerprint density at radius 1 is 0.870 bits per heavy atom. The fourth-order valence-electron chi connectivity index (χ4n) is 0.822. The third kappa shape index (κ3) is 19.2. The first-order valence-electron chi connectivity index (χ1n) is 5.96. The molecule has 0 aliphatic heterocycles. The van der Waals surface area contributed by atoms with Crippen LogP contribution in [0.2, 0.25) is 0 Å². The zero-order valence-corrected chi connectivity index (χ0v) is 12.7. The maximum Gasteiger partial charge on any atom is 0.336 e. The smallest absolute Gasteiger partial charge is 0.336 e. The van der Waals surface area contributed by atoms with E-state index in [1.54, 1.807) is 56.2 Å². The Kier molecular flexibility index (Phi) is 11.4.